The molecule has 4 heteroatoms. The van der Waals surface area contributed by atoms with Crippen molar-refractivity contribution in [2.75, 3.05) is 20.2 Å². The third-order valence-electron chi connectivity index (χ3n) is 3.73. The van der Waals surface area contributed by atoms with E-state index in [9.17, 15) is 4.79 Å². The molecule has 1 aliphatic rings. The van der Waals surface area contributed by atoms with E-state index in [1.54, 1.807) is 7.11 Å². The highest BCUT2D eigenvalue weighted by molar-refractivity contribution is 5.82. The van der Waals surface area contributed by atoms with Gasteiger partial charge in [0, 0.05) is 26.2 Å². The van der Waals surface area contributed by atoms with E-state index in [0.717, 1.165) is 18.4 Å². The van der Waals surface area contributed by atoms with Crippen LogP contribution in [0.2, 0.25) is 0 Å². The van der Waals surface area contributed by atoms with Gasteiger partial charge in [-0.1, -0.05) is 30.3 Å². The summed E-state index contributed by atoms with van der Waals surface area (Å²) < 4.78 is 5.41. The quantitative estimate of drug-likeness (QED) is 0.849. The number of hydrogen-bond acceptors (Lipinski definition) is 3. The Labute approximate surface area is 114 Å². The van der Waals surface area contributed by atoms with Gasteiger partial charge >= 0.3 is 0 Å². The van der Waals surface area contributed by atoms with Crippen molar-refractivity contribution in [3.05, 3.63) is 35.9 Å². The van der Waals surface area contributed by atoms with E-state index >= 15 is 0 Å². The number of methoxy groups -OCH3 is 1. The SMILES string of the molecule is COC(C(=O)N(CCN)C1CCC1)c1ccccc1. The summed E-state index contributed by atoms with van der Waals surface area (Å²) in [5.74, 6) is 0.0313. The van der Waals surface area contributed by atoms with Crippen molar-refractivity contribution in [2.45, 2.75) is 31.4 Å². The molecule has 1 aromatic rings. The highest BCUT2D eigenvalue weighted by Crippen LogP contribution is 2.28. The molecule has 0 spiro atoms. The molecule has 0 radical (unpaired) electrons. The van der Waals surface area contributed by atoms with Crippen molar-refractivity contribution in [1.29, 1.82) is 0 Å². The van der Waals surface area contributed by atoms with Crippen molar-refractivity contribution >= 4 is 5.91 Å². The van der Waals surface area contributed by atoms with Gasteiger partial charge < -0.3 is 15.4 Å². The van der Waals surface area contributed by atoms with Crippen molar-refractivity contribution < 1.29 is 9.53 Å². The Morgan fingerprint density at radius 1 is 1.42 bits per heavy atom. The van der Waals surface area contributed by atoms with Gasteiger partial charge in [-0.3, -0.25) is 4.79 Å². The number of nitrogens with zero attached hydrogens (tertiary/aromatic N) is 1. The van der Waals surface area contributed by atoms with Gasteiger partial charge in [-0.2, -0.15) is 0 Å². The number of hydrogen-bond donors (Lipinski definition) is 1. The summed E-state index contributed by atoms with van der Waals surface area (Å²) >= 11 is 0. The maximum absolute atomic E-state index is 12.6. The van der Waals surface area contributed by atoms with Crippen molar-refractivity contribution in [2.24, 2.45) is 5.73 Å². The number of nitrogens with two attached hydrogens (primary N) is 1. The van der Waals surface area contributed by atoms with Crippen molar-refractivity contribution in [3.63, 3.8) is 0 Å². The second kappa shape index (κ2) is 6.68. The van der Waals surface area contributed by atoms with E-state index in [2.05, 4.69) is 0 Å². The van der Waals surface area contributed by atoms with Gasteiger partial charge in [0.1, 0.15) is 0 Å². The Morgan fingerprint density at radius 3 is 2.58 bits per heavy atom. The maximum atomic E-state index is 12.6. The lowest BCUT2D eigenvalue weighted by atomic mass is 9.90. The van der Waals surface area contributed by atoms with Gasteiger partial charge in [-0.15, -0.1) is 0 Å². The van der Waals surface area contributed by atoms with E-state index in [4.69, 9.17) is 10.5 Å². The largest absolute Gasteiger partial charge is 0.367 e. The van der Waals surface area contributed by atoms with Gasteiger partial charge in [0.15, 0.2) is 6.10 Å². The third-order valence-corrected chi connectivity index (χ3v) is 3.73. The lowest BCUT2D eigenvalue weighted by Crippen LogP contribution is -2.48. The number of carbonyl (C=O) groups is 1. The number of carbonyl (C=O) groups excluding carboxylic acids is 1. The molecule has 104 valence electrons. The first-order chi connectivity index (χ1) is 9.27. The summed E-state index contributed by atoms with van der Waals surface area (Å²) in [6.07, 6.45) is 2.84. The van der Waals surface area contributed by atoms with Crippen molar-refractivity contribution in [3.8, 4) is 0 Å². The summed E-state index contributed by atoms with van der Waals surface area (Å²) in [5.41, 5.74) is 6.53. The van der Waals surface area contributed by atoms with Gasteiger partial charge in [0.2, 0.25) is 0 Å². The highest BCUT2D eigenvalue weighted by Gasteiger charge is 2.33. The molecular weight excluding hydrogens is 240 g/mol. The van der Waals surface area contributed by atoms with Crippen LogP contribution in [0.4, 0.5) is 0 Å². The van der Waals surface area contributed by atoms with Crippen LogP contribution in [0, 0.1) is 0 Å². The van der Waals surface area contributed by atoms with Gasteiger partial charge in [-0.25, -0.2) is 0 Å². The topological polar surface area (TPSA) is 55.6 Å². The van der Waals surface area contributed by atoms with Crippen LogP contribution in [-0.2, 0) is 9.53 Å². The Balaban J connectivity index is 2.14. The Hall–Kier alpha value is -1.39. The predicted octanol–water partition coefficient (Wildman–Crippen LogP) is 1.71. The number of ether oxygens (including phenoxy) is 1. The zero-order valence-corrected chi connectivity index (χ0v) is 11.4. The minimum Gasteiger partial charge on any atom is -0.367 e. The minimum absolute atomic E-state index is 0.0313. The first-order valence-electron chi connectivity index (χ1n) is 6.86. The second-order valence-corrected chi connectivity index (χ2v) is 4.93. The molecule has 1 aromatic carbocycles. The molecule has 1 atom stereocenters. The van der Waals surface area contributed by atoms with Crippen LogP contribution in [0.15, 0.2) is 30.3 Å². The molecule has 1 unspecified atom stereocenters. The minimum atomic E-state index is -0.520. The second-order valence-electron chi connectivity index (χ2n) is 4.93. The van der Waals surface area contributed by atoms with Crippen LogP contribution in [0.3, 0.4) is 0 Å². The predicted molar refractivity (Wildman–Crippen MR) is 74.6 cm³/mol. The van der Waals surface area contributed by atoms with Crippen LogP contribution in [0.1, 0.15) is 30.9 Å². The Kier molecular flexibility index (Phi) is 4.93. The van der Waals surface area contributed by atoms with Crippen LogP contribution in [0.5, 0.6) is 0 Å². The van der Waals surface area contributed by atoms with E-state index < -0.39 is 6.10 Å². The summed E-state index contributed by atoms with van der Waals surface area (Å²) in [6, 6.07) is 9.97. The Morgan fingerprint density at radius 2 is 2.11 bits per heavy atom. The molecule has 1 saturated carbocycles. The monoisotopic (exact) mass is 262 g/mol. The van der Waals surface area contributed by atoms with E-state index in [0.29, 0.717) is 19.1 Å². The van der Waals surface area contributed by atoms with E-state index in [-0.39, 0.29) is 5.91 Å². The van der Waals surface area contributed by atoms with Crippen molar-refractivity contribution in [1.82, 2.24) is 4.90 Å². The fourth-order valence-corrected chi connectivity index (χ4v) is 2.47. The molecule has 0 heterocycles. The van der Waals surface area contributed by atoms with E-state index in [1.807, 2.05) is 35.2 Å². The normalized spacial score (nSPS) is 16.7. The number of rotatable bonds is 6. The Bertz CT molecular complexity index is 404. The first kappa shape index (κ1) is 14.0. The zero-order chi connectivity index (χ0) is 13.7. The number of benzene rings is 1. The van der Waals surface area contributed by atoms with Crippen LogP contribution >= 0.6 is 0 Å². The molecule has 0 aromatic heterocycles. The third kappa shape index (κ3) is 3.14. The molecule has 4 nitrogen and oxygen atoms in total. The fraction of sp³-hybridized carbons (Fsp3) is 0.533. The van der Waals surface area contributed by atoms with Crippen LogP contribution in [-0.4, -0.2) is 37.0 Å². The lowest BCUT2D eigenvalue weighted by Gasteiger charge is -2.39. The molecule has 1 amide bonds. The van der Waals surface area contributed by atoms with Crippen LogP contribution in [0.25, 0.3) is 0 Å². The zero-order valence-electron chi connectivity index (χ0n) is 11.4. The fourth-order valence-electron chi connectivity index (χ4n) is 2.47. The molecular formula is C15H22N2O2. The highest BCUT2D eigenvalue weighted by atomic mass is 16.5. The standard InChI is InChI=1S/C15H22N2O2/c1-19-14(12-6-3-2-4-7-12)15(18)17(11-10-16)13-8-5-9-13/h2-4,6-7,13-14H,5,8-11,16H2,1H3. The smallest absolute Gasteiger partial charge is 0.256 e. The summed E-state index contributed by atoms with van der Waals surface area (Å²) in [5, 5.41) is 0. The average Bonchev–Trinajstić information content (AvgIpc) is 2.38. The maximum Gasteiger partial charge on any atom is 0.256 e. The molecule has 1 fully saturated rings. The molecule has 19 heavy (non-hydrogen) atoms. The average molecular weight is 262 g/mol. The molecule has 0 aliphatic heterocycles. The van der Waals surface area contributed by atoms with Gasteiger partial charge in [0.25, 0.3) is 5.91 Å². The molecule has 0 bridgehead atoms. The first-order valence-corrected chi connectivity index (χ1v) is 6.86. The summed E-state index contributed by atoms with van der Waals surface area (Å²) in [4.78, 5) is 14.5. The van der Waals surface area contributed by atoms with E-state index in [1.165, 1.54) is 6.42 Å². The molecule has 0 saturated heterocycles. The van der Waals surface area contributed by atoms with Gasteiger partial charge in [-0.05, 0) is 24.8 Å². The molecule has 2 rings (SSSR count). The van der Waals surface area contributed by atoms with Crippen LogP contribution < -0.4 is 5.73 Å². The van der Waals surface area contributed by atoms with Gasteiger partial charge in [0.05, 0.1) is 0 Å². The molecule has 2 N–H and O–H groups in total. The molecule has 1 aliphatic carbocycles. The number of amides is 1. The summed E-state index contributed by atoms with van der Waals surface area (Å²) in [7, 11) is 1.58. The lowest BCUT2D eigenvalue weighted by molar-refractivity contribution is -0.146. The summed E-state index contributed by atoms with van der Waals surface area (Å²) in [6.45, 7) is 1.10.